The molecule has 0 saturated heterocycles. The van der Waals surface area contributed by atoms with Crippen LogP contribution in [0.3, 0.4) is 0 Å². The molecule has 0 heterocycles. The maximum absolute atomic E-state index is 12.0. The van der Waals surface area contributed by atoms with Crippen LogP contribution < -0.4 is 5.32 Å². The molecule has 0 atom stereocenters. The second-order valence-corrected chi connectivity index (χ2v) is 4.67. The normalized spacial score (nSPS) is 10.5. The Hall–Kier alpha value is -1.91. The number of nitro benzene ring substituents is 1. The van der Waals surface area contributed by atoms with Crippen LogP contribution in [-0.2, 0) is 0 Å². The van der Waals surface area contributed by atoms with E-state index in [9.17, 15) is 14.9 Å². The minimum atomic E-state index is -0.522. The lowest BCUT2D eigenvalue weighted by molar-refractivity contribution is -0.385. The molecule has 0 aliphatic heterocycles. The van der Waals surface area contributed by atoms with Crippen molar-refractivity contribution in [3.63, 3.8) is 0 Å². The Morgan fingerprint density at radius 1 is 1.37 bits per heavy atom. The van der Waals surface area contributed by atoms with Gasteiger partial charge in [-0.15, -0.1) is 0 Å². The third-order valence-corrected chi connectivity index (χ3v) is 3.30. The van der Waals surface area contributed by atoms with Gasteiger partial charge in [0.1, 0.15) is 5.56 Å². The Labute approximate surface area is 113 Å². The molecular formula is C14H20N2O3. The van der Waals surface area contributed by atoms with Crippen molar-refractivity contribution in [1.82, 2.24) is 5.32 Å². The van der Waals surface area contributed by atoms with E-state index in [1.807, 2.05) is 0 Å². The molecule has 1 rings (SSSR count). The number of hydrogen-bond acceptors (Lipinski definition) is 3. The Kier molecular flexibility index (Phi) is 5.48. The Morgan fingerprint density at radius 3 is 2.53 bits per heavy atom. The number of benzene rings is 1. The van der Waals surface area contributed by atoms with Crippen molar-refractivity contribution in [2.24, 2.45) is 5.92 Å². The molecule has 0 aromatic heterocycles. The van der Waals surface area contributed by atoms with E-state index >= 15 is 0 Å². The first kappa shape index (κ1) is 15.1. The second kappa shape index (κ2) is 6.87. The van der Waals surface area contributed by atoms with Gasteiger partial charge in [0.25, 0.3) is 11.6 Å². The average Bonchev–Trinajstić information content (AvgIpc) is 2.39. The maximum atomic E-state index is 12.0. The molecule has 1 N–H and O–H groups in total. The Bertz CT molecular complexity index is 468. The topological polar surface area (TPSA) is 72.2 Å². The highest BCUT2D eigenvalue weighted by atomic mass is 16.6. The first-order valence-corrected chi connectivity index (χ1v) is 6.52. The van der Waals surface area contributed by atoms with Crippen LogP contribution in [0.5, 0.6) is 0 Å². The number of hydrogen-bond donors (Lipinski definition) is 1. The lowest BCUT2D eigenvalue weighted by atomic mass is 10.0. The second-order valence-electron chi connectivity index (χ2n) is 4.67. The number of aryl methyl sites for hydroxylation is 1. The van der Waals surface area contributed by atoms with E-state index < -0.39 is 4.92 Å². The summed E-state index contributed by atoms with van der Waals surface area (Å²) in [7, 11) is 0. The van der Waals surface area contributed by atoms with Gasteiger partial charge in [-0.1, -0.05) is 32.8 Å². The number of carbonyl (C=O) groups excluding carboxylic acids is 1. The highest BCUT2D eigenvalue weighted by molar-refractivity contribution is 5.98. The smallest absolute Gasteiger partial charge is 0.282 e. The van der Waals surface area contributed by atoms with E-state index in [1.54, 1.807) is 19.1 Å². The van der Waals surface area contributed by atoms with Crippen LogP contribution in [0.1, 0.15) is 42.6 Å². The first-order valence-electron chi connectivity index (χ1n) is 6.52. The molecule has 5 nitrogen and oxygen atoms in total. The molecule has 0 saturated carbocycles. The fourth-order valence-electron chi connectivity index (χ4n) is 1.90. The largest absolute Gasteiger partial charge is 0.352 e. The van der Waals surface area contributed by atoms with E-state index in [1.165, 1.54) is 6.07 Å². The van der Waals surface area contributed by atoms with Gasteiger partial charge in [-0.3, -0.25) is 14.9 Å². The van der Waals surface area contributed by atoms with Crippen LogP contribution in [0.25, 0.3) is 0 Å². The molecular weight excluding hydrogens is 244 g/mol. The van der Waals surface area contributed by atoms with Gasteiger partial charge >= 0.3 is 0 Å². The summed E-state index contributed by atoms with van der Waals surface area (Å²) >= 11 is 0. The first-order chi connectivity index (χ1) is 8.99. The zero-order chi connectivity index (χ0) is 14.4. The van der Waals surface area contributed by atoms with Crippen LogP contribution in [0, 0.1) is 23.0 Å². The summed E-state index contributed by atoms with van der Waals surface area (Å²) in [5, 5.41) is 13.7. The molecule has 19 heavy (non-hydrogen) atoms. The van der Waals surface area contributed by atoms with Gasteiger partial charge < -0.3 is 5.32 Å². The summed E-state index contributed by atoms with van der Waals surface area (Å²) in [4.78, 5) is 22.4. The van der Waals surface area contributed by atoms with E-state index in [2.05, 4.69) is 19.2 Å². The van der Waals surface area contributed by atoms with Crippen LogP contribution in [-0.4, -0.2) is 17.4 Å². The highest BCUT2D eigenvalue weighted by Crippen LogP contribution is 2.19. The van der Waals surface area contributed by atoms with Gasteiger partial charge in [0.15, 0.2) is 0 Å². The van der Waals surface area contributed by atoms with Crippen LogP contribution in [0.2, 0.25) is 0 Å². The molecule has 0 fully saturated rings. The van der Waals surface area contributed by atoms with Crippen molar-refractivity contribution in [1.29, 1.82) is 0 Å². The molecule has 104 valence electrons. The predicted octanol–water partition coefficient (Wildman–Crippen LogP) is 3.07. The Morgan fingerprint density at radius 2 is 2.00 bits per heavy atom. The van der Waals surface area contributed by atoms with E-state index in [0.717, 1.165) is 18.4 Å². The molecule has 0 bridgehead atoms. The molecule has 0 radical (unpaired) electrons. The predicted molar refractivity (Wildman–Crippen MR) is 74.2 cm³/mol. The molecule has 5 heteroatoms. The van der Waals surface area contributed by atoms with Crippen molar-refractivity contribution in [3.8, 4) is 0 Å². The number of nitro groups is 1. The monoisotopic (exact) mass is 264 g/mol. The van der Waals surface area contributed by atoms with Crippen molar-refractivity contribution in [2.75, 3.05) is 6.54 Å². The molecule has 1 aromatic carbocycles. The third kappa shape index (κ3) is 4.05. The zero-order valence-corrected chi connectivity index (χ0v) is 11.6. The van der Waals surface area contributed by atoms with Gasteiger partial charge in [-0.2, -0.15) is 0 Å². The minimum Gasteiger partial charge on any atom is -0.352 e. The van der Waals surface area contributed by atoms with E-state index in [-0.39, 0.29) is 17.2 Å². The molecule has 0 aliphatic carbocycles. The van der Waals surface area contributed by atoms with E-state index in [4.69, 9.17) is 0 Å². The fraction of sp³-hybridized carbons (Fsp3) is 0.500. The standard InChI is InChI=1S/C14H20N2O3/c1-4-11(5-2)9-15-14(17)12-8-10(3)6-7-13(12)16(18)19/h6-8,11H,4-5,9H2,1-3H3,(H,15,17). The minimum absolute atomic E-state index is 0.135. The number of nitrogens with zero attached hydrogens (tertiary/aromatic N) is 1. The average molecular weight is 264 g/mol. The van der Waals surface area contributed by atoms with Gasteiger partial charge in [-0.05, 0) is 24.5 Å². The number of carbonyl (C=O) groups is 1. The number of amides is 1. The van der Waals surface area contributed by atoms with Crippen molar-refractivity contribution in [3.05, 3.63) is 39.4 Å². The Balaban J connectivity index is 2.87. The summed E-state index contributed by atoms with van der Waals surface area (Å²) < 4.78 is 0. The summed E-state index contributed by atoms with van der Waals surface area (Å²) in [6.45, 7) is 6.49. The summed E-state index contributed by atoms with van der Waals surface area (Å²) in [6.07, 6.45) is 1.96. The van der Waals surface area contributed by atoms with Crippen LogP contribution in [0.15, 0.2) is 18.2 Å². The molecule has 1 amide bonds. The SMILES string of the molecule is CCC(CC)CNC(=O)c1cc(C)ccc1[N+](=O)[O-]. The third-order valence-electron chi connectivity index (χ3n) is 3.30. The highest BCUT2D eigenvalue weighted by Gasteiger charge is 2.20. The lowest BCUT2D eigenvalue weighted by Crippen LogP contribution is -2.29. The van der Waals surface area contributed by atoms with Gasteiger partial charge in [-0.25, -0.2) is 0 Å². The fourth-order valence-corrected chi connectivity index (χ4v) is 1.90. The van der Waals surface area contributed by atoms with Crippen molar-refractivity contribution < 1.29 is 9.72 Å². The maximum Gasteiger partial charge on any atom is 0.282 e. The van der Waals surface area contributed by atoms with E-state index in [0.29, 0.717) is 12.5 Å². The molecule has 0 unspecified atom stereocenters. The van der Waals surface area contributed by atoms with Crippen LogP contribution >= 0.6 is 0 Å². The lowest BCUT2D eigenvalue weighted by Gasteiger charge is -2.13. The van der Waals surface area contributed by atoms with Gasteiger partial charge in [0.2, 0.25) is 0 Å². The van der Waals surface area contributed by atoms with Crippen molar-refractivity contribution >= 4 is 11.6 Å². The van der Waals surface area contributed by atoms with Gasteiger partial charge in [0.05, 0.1) is 4.92 Å². The number of rotatable bonds is 6. The van der Waals surface area contributed by atoms with Gasteiger partial charge in [0, 0.05) is 12.6 Å². The molecule has 0 spiro atoms. The zero-order valence-electron chi connectivity index (χ0n) is 11.6. The number of nitrogens with one attached hydrogen (secondary N) is 1. The van der Waals surface area contributed by atoms with Crippen molar-refractivity contribution in [2.45, 2.75) is 33.6 Å². The quantitative estimate of drug-likeness (QED) is 0.634. The summed E-state index contributed by atoms with van der Waals surface area (Å²) in [5.41, 5.74) is 0.821. The molecule has 1 aromatic rings. The summed E-state index contributed by atoms with van der Waals surface area (Å²) in [6, 6.07) is 4.57. The molecule has 0 aliphatic rings. The summed E-state index contributed by atoms with van der Waals surface area (Å²) in [5.74, 6) is 0.0371. The van der Waals surface area contributed by atoms with Crippen LogP contribution in [0.4, 0.5) is 5.69 Å².